The Morgan fingerprint density at radius 2 is 2.10 bits per heavy atom. The van der Waals surface area contributed by atoms with Gasteiger partial charge in [0.25, 0.3) is 0 Å². The van der Waals surface area contributed by atoms with Crippen LogP contribution in [0.15, 0.2) is 54.9 Å². The SMILES string of the molecule is CCCN(CCc1c[nH]c2ccc(F)cc12)[C@H]1COc2ccc3ncccc3c2C1. The molecule has 0 saturated heterocycles. The number of rotatable bonds is 6. The van der Waals surface area contributed by atoms with Crippen molar-refractivity contribution in [3.63, 3.8) is 0 Å². The highest BCUT2D eigenvalue weighted by molar-refractivity contribution is 5.85. The van der Waals surface area contributed by atoms with Crippen molar-refractivity contribution in [1.29, 1.82) is 0 Å². The van der Waals surface area contributed by atoms with E-state index in [1.165, 1.54) is 17.0 Å². The summed E-state index contributed by atoms with van der Waals surface area (Å²) in [5.41, 5.74) is 4.43. The Balaban J connectivity index is 1.37. The minimum Gasteiger partial charge on any atom is -0.492 e. The zero-order valence-corrected chi connectivity index (χ0v) is 17.2. The Morgan fingerprint density at radius 3 is 3.00 bits per heavy atom. The first-order valence-corrected chi connectivity index (χ1v) is 10.7. The summed E-state index contributed by atoms with van der Waals surface area (Å²) in [6, 6.07) is 13.5. The summed E-state index contributed by atoms with van der Waals surface area (Å²) in [7, 11) is 0. The Bertz CT molecular complexity index is 1190. The molecule has 0 saturated carbocycles. The van der Waals surface area contributed by atoms with E-state index in [4.69, 9.17) is 4.74 Å². The molecule has 5 heteroatoms. The van der Waals surface area contributed by atoms with E-state index in [-0.39, 0.29) is 5.82 Å². The van der Waals surface area contributed by atoms with Gasteiger partial charge in [-0.25, -0.2) is 4.39 Å². The number of aromatic nitrogens is 2. The number of ether oxygens (including phenoxy) is 1. The van der Waals surface area contributed by atoms with Crippen LogP contribution in [0, 0.1) is 5.82 Å². The number of benzene rings is 2. The molecule has 0 aliphatic carbocycles. The van der Waals surface area contributed by atoms with Gasteiger partial charge in [0.2, 0.25) is 0 Å². The molecular formula is C25H26FN3O. The van der Waals surface area contributed by atoms with Crippen LogP contribution in [0.4, 0.5) is 4.39 Å². The molecule has 154 valence electrons. The van der Waals surface area contributed by atoms with Crippen LogP contribution in [0.3, 0.4) is 0 Å². The zero-order valence-electron chi connectivity index (χ0n) is 17.2. The van der Waals surface area contributed by atoms with E-state index in [1.54, 1.807) is 6.07 Å². The van der Waals surface area contributed by atoms with Crippen LogP contribution in [0.1, 0.15) is 24.5 Å². The van der Waals surface area contributed by atoms with Crippen LogP contribution in [0.2, 0.25) is 0 Å². The molecule has 5 rings (SSSR count). The second-order valence-electron chi connectivity index (χ2n) is 8.07. The van der Waals surface area contributed by atoms with Crippen LogP contribution in [0.25, 0.3) is 21.8 Å². The van der Waals surface area contributed by atoms with Crippen molar-refractivity contribution in [2.45, 2.75) is 32.2 Å². The summed E-state index contributed by atoms with van der Waals surface area (Å²) in [5.74, 6) is 0.793. The van der Waals surface area contributed by atoms with E-state index in [9.17, 15) is 4.39 Å². The predicted molar refractivity (Wildman–Crippen MR) is 119 cm³/mol. The molecule has 2 aromatic heterocycles. The fourth-order valence-corrected chi connectivity index (χ4v) is 4.64. The first-order valence-electron chi connectivity index (χ1n) is 10.7. The van der Waals surface area contributed by atoms with E-state index in [0.717, 1.165) is 60.1 Å². The van der Waals surface area contributed by atoms with Crippen LogP contribution < -0.4 is 4.74 Å². The Morgan fingerprint density at radius 1 is 1.17 bits per heavy atom. The molecule has 0 amide bonds. The maximum Gasteiger partial charge on any atom is 0.123 e. The maximum atomic E-state index is 13.7. The van der Waals surface area contributed by atoms with Crippen molar-refractivity contribution in [3.05, 3.63) is 71.8 Å². The number of aromatic amines is 1. The van der Waals surface area contributed by atoms with Crippen molar-refractivity contribution < 1.29 is 9.13 Å². The smallest absolute Gasteiger partial charge is 0.123 e. The minimum atomic E-state index is -0.188. The summed E-state index contributed by atoms with van der Waals surface area (Å²) >= 11 is 0. The van der Waals surface area contributed by atoms with Gasteiger partial charge in [-0.2, -0.15) is 0 Å². The molecule has 0 bridgehead atoms. The topological polar surface area (TPSA) is 41.2 Å². The molecule has 4 nitrogen and oxygen atoms in total. The van der Waals surface area contributed by atoms with Gasteiger partial charge in [0.05, 0.1) is 5.52 Å². The van der Waals surface area contributed by atoms with Crippen molar-refractivity contribution >= 4 is 21.8 Å². The third kappa shape index (κ3) is 3.54. The fourth-order valence-electron chi connectivity index (χ4n) is 4.64. The minimum absolute atomic E-state index is 0.188. The fraction of sp³-hybridized carbons (Fsp3) is 0.320. The Kier molecular flexibility index (Phi) is 5.13. The Labute approximate surface area is 175 Å². The molecular weight excluding hydrogens is 377 g/mol. The largest absolute Gasteiger partial charge is 0.492 e. The van der Waals surface area contributed by atoms with E-state index < -0.39 is 0 Å². The van der Waals surface area contributed by atoms with Crippen molar-refractivity contribution in [1.82, 2.24) is 14.9 Å². The molecule has 1 aliphatic rings. The lowest BCUT2D eigenvalue weighted by atomic mass is 9.96. The first-order chi connectivity index (χ1) is 14.7. The van der Waals surface area contributed by atoms with Gasteiger partial charge >= 0.3 is 0 Å². The van der Waals surface area contributed by atoms with Gasteiger partial charge < -0.3 is 9.72 Å². The number of nitrogens with zero attached hydrogens (tertiary/aromatic N) is 2. The average Bonchev–Trinajstić information content (AvgIpc) is 3.18. The standard InChI is InChI=1S/C25H26FN3O/c1-2-11-29(12-9-17-15-28-24-6-5-18(26)13-21(17)24)19-14-22-20-4-3-10-27-23(20)7-8-25(22)30-16-19/h3-8,10,13,15,19,28H,2,9,11-12,14,16H2,1H3/t19-/m1/s1. The Hall–Kier alpha value is -2.92. The van der Waals surface area contributed by atoms with Gasteiger partial charge in [-0.1, -0.05) is 13.0 Å². The maximum absolute atomic E-state index is 13.7. The van der Waals surface area contributed by atoms with Gasteiger partial charge in [-0.15, -0.1) is 0 Å². The van der Waals surface area contributed by atoms with Gasteiger partial charge in [-0.3, -0.25) is 9.88 Å². The second-order valence-corrected chi connectivity index (χ2v) is 8.07. The lowest BCUT2D eigenvalue weighted by molar-refractivity contribution is 0.121. The van der Waals surface area contributed by atoms with Crippen LogP contribution in [-0.2, 0) is 12.8 Å². The molecule has 0 radical (unpaired) electrons. The highest BCUT2D eigenvalue weighted by Gasteiger charge is 2.26. The molecule has 1 atom stereocenters. The summed E-state index contributed by atoms with van der Waals surface area (Å²) in [5, 5.41) is 2.16. The highest BCUT2D eigenvalue weighted by Crippen LogP contribution is 2.32. The number of hydrogen-bond donors (Lipinski definition) is 1. The number of hydrogen-bond acceptors (Lipinski definition) is 3. The van der Waals surface area contributed by atoms with Gasteiger partial charge in [-0.05, 0) is 67.8 Å². The average molecular weight is 404 g/mol. The van der Waals surface area contributed by atoms with Crippen LogP contribution in [0.5, 0.6) is 5.75 Å². The lowest BCUT2D eigenvalue weighted by Crippen LogP contribution is -2.44. The van der Waals surface area contributed by atoms with Crippen molar-refractivity contribution in [2.24, 2.45) is 0 Å². The molecule has 3 heterocycles. The highest BCUT2D eigenvalue weighted by atomic mass is 19.1. The number of pyridine rings is 1. The van der Waals surface area contributed by atoms with Crippen molar-refractivity contribution in [3.8, 4) is 5.75 Å². The molecule has 1 N–H and O–H groups in total. The summed E-state index contributed by atoms with van der Waals surface area (Å²) in [6.07, 6.45) is 6.77. The number of nitrogens with one attached hydrogen (secondary N) is 1. The van der Waals surface area contributed by atoms with Gasteiger partial charge in [0.15, 0.2) is 0 Å². The summed E-state index contributed by atoms with van der Waals surface area (Å²) in [6.45, 7) is 4.85. The van der Waals surface area contributed by atoms with E-state index in [1.807, 2.05) is 36.7 Å². The summed E-state index contributed by atoms with van der Waals surface area (Å²) < 4.78 is 19.9. The molecule has 2 aromatic carbocycles. The monoisotopic (exact) mass is 403 g/mol. The normalized spacial score (nSPS) is 16.2. The van der Waals surface area contributed by atoms with Gasteiger partial charge in [0.1, 0.15) is 18.2 Å². The lowest BCUT2D eigenvalue weighted by Gasteiger charge is -2.35. The quantitative estimate of drug-likeness (QED) is 0.486. The molecule has 30 heavy (non-hydrogen) atoms. The van der Waals surface area contributed by atoms with Gasteiger partial charge in [0, 0.05) is 46.8 Å². The van der Waals surface area contributed by atoms with E-state index >= 15 is 0 Å². The third-order valence-corrected chi connectivity index (χ3v) is 6.15. The molecule has 0 fully saturated rings. The number of halogens is 1. The third-order valence-electron chi connectivity index (χ3n) is 6.15. The van der Waals surface area contributed by atoms with Crippen LogP contribution >= 0.6 is 0 Å². The zero-order chi connectivity index (χ0) is 20.5. The second kappa shape index (κ2) is 8.07. The summed E-state index contributed by atoms with van der Waals surface area (Å²) in [4.78, 5) is 10.3. The molecule has 0 spiro atoms. The predicted octanol–water partition coefficient (Wildman–Crippen LogP) is 5.11. The molecule has 0 unspecified atom stereocenters. The first kappa shape index (κ1) is 19.1. The van der Waals surface area contributed by atoms with E-state index in [0.29, 0.717) is 12.6 Å². The number of fused-ring (bicyclic) bond motifs is 4. The molecule has 4 aromatic rings. The van der Waals surface area contributed by atoms with E-state index in [2.05, 4.69) is 27.9 Å². The number of H-pyrrole nitrogens is 1. The molecule has 1 aliphatic heterocycles. The van der Waals surface area contributed by atoms with Crippen molar-refractivity contribution in [2.75, 3.05) is 19.7 Å². The van der Waals surface area contributed by atoms with Crippen LogP contribution in [-0.4, -0.2) is 40.6 Å².